The van der Waals surface area contributed by atoms with Gasteiger partial charge in [0.15, 0.2) is 5.96 Å². The number of guanidine groups is 1. The van der Waals surface area contributed by atoms with Gasteiger partial charge in [-0.15, -0.1) is 34.2 Å². The van der Waals surface area contributed by atoms with E-state index < -0.39 is 0 Å². The number of aryl methyl sites for hydroxylation is 1. The Morgan fingerprint density at radius 3 is 2.74 bits per heavy atom. The van der Waals surface area contributed by atoms with Crippen LogP contribution in [0.5, 0.6) is 0 Å². The summed E-state index contributed by atoms with van der Waals surface area (Å²) in [5, 5.41) is 11.5. The van der Waals surface area contributed by atoms with Crippen LogP contribution < -0.4 is 5.32 Å². The molecule has 0 radical (unpaired) electrons. The molecule has 2 heterocycles. The number of carbonyl (C=O) groups excluding carboxylic acids is 1. The molecule has 1 aromatic heterocycles. The summed E-state index contributed by atoms with van der Waals surface area (Å²) in [4.78, 5) is 18.6. The quantitative estimate of drug-likeness (QED) is 0.207. The number of esters is 1. The smallest absolute Gasteiger partial charge is 0.308 e. The van der Waals surface area contributed by atoms with Gasteiger partial charge in [-0.05, 0) is 19.8 Å². The molecule has 0 saturated carbocycles. The van der Waals surface area contributed by atoms with Crippen molar-refractivity contribution in [2.45, 2.75) is 39.7 Å². The normalized spacial score (nSPS) is 15.2. The van der Waals surface area contributed by atoms with Crippen molar-refractivity contribution < 1.29 is 9.53 Å². The summed E-state index contributed by atoms with van der Waals surface area (Å²) in [6.45, 7) is 11.6. The molecule has 1 aromatic rings. The minimum Gasteiger partial charge on any atom is -0.469 e. The molecule has 0 spiro atoms. The highest BCUT2D eigenvalue weighted by Gasteiger charge is 2.27. The number of rotatable bonds is 7. The fourth-order valence-corrected chi connectivity index (χ4v) is 3.00. The molecule has 0 amide bonds. The molecule has 1 saturated heterocycles. The number of nitrogens with zero attached hydrogens (tertiary/aromatic N) is 5. The molecule has 2 rings (SSSR count). The summed E-state index contributed by atoms with van der Waals surface area (Å²) in [5.74, 6) is 1.72. The molecule has 27 heavy (non-hydrogen) atoms. The second-order valence-electron chi connectivity index (χ2n) is 6.60. The molecule has 1 N–H and O–H groups in total. The number of halogens is 1. The van der Waals surface area contributed by atoms with Gasteiger partial charge in [-0.25, -0.2) is 4.99 Å². The molecule has 152 valence electrons. The third-order valence-corrected chi connectivity index (χ3v) is 4.48. The number of hydrogen-bond donors (Lipinski definition) is 1. The molecule has 1 fully saturated rings. The number of aromatic nitrogens is 3. The summed E-state index contributed by atoms with van der Waals surface area (Å²) in [6, 6.07) is 0. The highest BCUT2D eigenvalue weighted by Crippen LogP contribution is 2.18. The van der Waals surface area contributed by atoms with E-state index >= 15 is 0 Å². The van der Waals surface area contributed by atoms with Crippen molar-refractivity contribution in [3.05, 3.63) is 24.3 Å². The van der Waals surface area contributed by atoms with Gasteiger partial charge in [-0.1, -0.05) is 19.1 Å². The van der Waals surface area contributed by atoms with E-state index in [0.717, 1.165) is 62.8 Å². The summed E-state index contributed by atoms with van der Waals surface area (Å²) in [5.41, 5.74) is 1.01. The van der Waals surface area contributed by atoms with E-state index in [9.17, 15) is 4.79 Å². The first-order chi connectivity index (χ1) is 12.5. The van der Waals surface area contributed by atoms with E-state index in [1.807, 2.05) is 11.5 Å². The first-order valence-electron chi connectivity index (χ1n) is 9.17. The molecule has 1 aliphatic heterocycles. The molecule has 8 nitrogen and oxygen atoms in total. The van der Waals surface area contributed by atoms with E-state index in [1.54, 1.807) is 6.33 Å². The Balaban J connectivity index is 0.00000364. The average Bonchev–Trinajstić information content (AvgIpc) is 3.11. The van der Waals surface area contributed by atoms with Crippen LogP contribution in [0.4, 0.5) is 0 Å². The summed E-state index contributed by atoms with van der Waals surface area (Å²) >= 11 is 0. The third kappa shape index (κ3) is 7.11. The van der Waals surface area contributed by atoms with Gasteiger partial charge in [0.05, 0.1) is 19.6 Å². The number of likely N-dealkylation sites (tertiary alicyclic amines) is 1. The van der Waals surface area contributed by atoms with E-state index in [1.165, 1.54) is 7.11 Å². The molecular weight excluding hydrogens is 459 g/mol. The number of carbonyl (C=O) groups is 1. The predicted octanol–water partition coefficient (Wildman–Crippen LogP) is 1.87. The Kier molecular flexibility index (Phi) is 10.3. The first-order valence-corrected chi connectivity index (χ1v) is 9.17. The Hall–Kier alpha value is -1.65. The van der Waals surface area contributed by atoms with Gasteiger partial charge in [0.2, 0.25) is 0 Å². The van der Waals surface area contributed by atoms with Crippen molar-refractivity contribution in [2.24, 2.45) is 10.9 Å². The molecular formula is C18H31IN6O2. The largest absolute Gasteiger partial charge is 0.469 e. The van der Waals surface area contributed by atoms with Crippen LogP contribution in [0.3, 0.4) is 0 Å². The first kappa shape index (κ1) is 23.4. The maximum absolute atomic E-state index is 11.7. The third-order valence-electron chi connectivity index (χ3n) is 4.48. The molecule has 0 aromatic carbocycles. The summed E-state index contributed by atoms with van der Waals surface area (Å²) in [6.07, 6.45) is 4.18. The zero-order valence-corrected chi connectivity index (χ0v) is 18.8. The van der Waals surface area contributed by atoms with Gasteiger partial charge in [-0.3, -0.25) is 4.79 Å². The fraction of sp³-hybridized carbons (Fsp3) is 0.667. The highest BCUT2D eigenvalue weighted by atomic mass is 127. The molecule has 0 bridgehead atoms. The number of nitrogens with one attached hydrogen (secondary N) is 1. The maximum atomic E-state index is 11.7. The van der Waals surface area contributed by atoms with E-state index in [0.29, 0.717) is 6.54 Å². The van der Waals surface area contributed by atoms with Crippen molar-refractivity contribution in [3.8, 4) is 0 Å². The van der Waals surface area contributed by atoms with Gasteiger partial charge in [0.25, 0.3) is 0 Å². The monoisotopic (exact) mass is 490 g/mol. The van der Waals surface area contributed by atoms with Gasteiger partial charge in [-0.2, -0.15) is 0 Å². The minimum atomic E-state index is -0.113. The lowest BCUT2D eigenvalue weighted by Gasteiger charge is -2.33. The van der Waals surface area contributed by atoms with Gasteiger partial charge >= 0.3 is 5.97 Å². The van der Waals surface area contributed by atoms with Crippen LogP contribution in [-0.2, 0) is 22.5 Å². The Morgan fingerprint density at radius 2 is 2.15 bits per heavy atom. The van der Waals surface area contributed by atoms with Crippen molar-refractivity contribution in [3.63, 3.8) is 0 Å². The standard InChI is InChI=1S/C18H30N6O2.HI/c1-5-16-22-21-13-24(16)11-8-19-18(20-12-14(2)3)23-9-6-15(7-10-23)17(25)26-4;/h13,15H,2,5-12H2,1,3-4H3,(H,19,20);1H. The lowest BCUT2D eigenvalue weighted by molar-refractivity contribution is -0.146. The topological polar surface area (TPSA) is 84.6 Å². The highest BCUT2D eigenvalue weighted by molar-refractivity contribution is 14.0. The number of piperidine rings is 1. The Bertz CT molecular complexity index is 638. The molecule has 1 aliphatic rings. The fourth-order valence-electron chi connectivity index (χ4n) is 3.00. The lowest BCUT2D eigenvalue weighted by Crippen LogP contribution is -2.47. The van der Waals surface area contributed by atoms with Crippen molar-refractivity contribution in [1.29, 1.82) is 0 Å². The number of aliphatic imine (C=N–C) groups is 1. The van der Waals surface area contributed by atoms with Crippen LogP contribution in [0.1, 0.15) is 32.5 Å². The van der Waals surface area contributed by atoms with Crippen LogP contribution in [0.2, 0.25) is 0 Å². The van der Waals surface area contributed by atoms with Crippen LogP contribution >= 0.6 is 24.0 Å². The predicted molar refractivity (Wildman–Crippen MR) is 116 cm³/mol. The molecule has 0 aliphatic carbocycles. The van der Waals surface area contributed by atoms with Gasteiger partial charge in [0, 0.05) is 32.6 Å². The van der Waals surface area contributed by atoms with Crippen molar-refractivity contribution >= 4 is 35.9 Å². The van der Waals surface area contributed by atoms with Crippen LogP contribution in [0, 0.1) is 5.92 Å². The van der Waals surface area contributed by atoms with Crippen LogP contribution in [0.15, 0.2) is 23.5 Å². The molecule has 9 heteroatoms. The number of ether oxygens (including phenoxy) is 1. The zero-order valence-electron chi connectivity index (χ0n) is 16.5. The SMILES string of the molecule is C=C(C)CN=C(NCCn1cnnc1CC)N1CCC(C(=O)OC)CC1.I. The maximum Gasteiger partial charge on any atom is 0.308 e. The Labute approximate surface area is 178 Å². The average molecular weight is 490 g/mol. The minimum absolute atomic E-state index is 0. The second-order valence-corrected chi connectivity index (χ2v) is 6.60. The van der Waals surface area contributed by atoms with E-state index in [-0.39, 0.29) is 35.9 Å². The van der Waals surface area contributed by atoms with Gasteiger partial charge in [0.1, 0.15) is 12.2 Å². The van der Waals surface area contributed by atoms with Gasteiger partial charge < -0.3 is 19.5 Å². The number of hydrogen-bond acceptors (Lipinski definition) is 5. The van der Waals surface area contributed by atoms with E-state index in [2.05, 4.69) is 38.9 Å². The summed E-state index contributed by atoms with van der Waals surface area (Å²) in [7, 11) is 1.45. The Morgan fingerprint density at radius 1 is 1.44 bits per heavy atom. The summed E-state index contributed by atoms with van der Waals surface area (Å²) < 4.78 is 6.91. The second kappa shape index (κ2) is 11.9. The molecule has 0 unspecified atom stereocenters. The van der Waals surface area contributed by atoms with Crippen molar-refractivity contribution in [1.82, 2.24) is 25.0 Å². The van der Waals surface area contributed by atoms with Crippen molar-refractivity contribution in [2.75, 3.05) is 33.3 Å². The van der Waals surface area contributed by atoms with E-state index in [4.69, 9.17) is 4.74 Å². The molecule has 0 atom stereocenters. The zero-order chi connectivity index (χ0) is 18.9. The number of methoxy groups -OCH3 is 1. The van der Waals surface area contributed by atoms with Crippen LogP contribution in [-0.4, -0.2) is 64.9 Å². The lowest BCUT2D eigenvalue weighted by atomic mass is 9.97. The van der Waals surface area contributed by atoms with Crippen LogP contribution in [0.25, 0.3) is 0 Å².